The number of hydrogen-bond donors (Lipinski definition) is 1. The molecule has 0 spiro atoms. The quantitative estimate of drug-likeness (QED) is 0.911. The Kier molecular flexibility index (Phi) is 4.16. The molecule has 2 rings (SSSR count). The van der Waals surface area contributed by atoms with Crippen molar-refractivity contribution < 1.29 is 14.3 Å². The second-order valence-corrected chi connectivity index (χ2v) is 6.18. The Bertz CT molecular complexity index is 633. The molecule has 112 valence electrons. The highest BCUT2D eigenvalue weighted by atomic mass is 16.4. The van der Waals surface area contributed by atoms with E-state index in [0.29, 0.717) is 18.0 Å². The van der Waals surface area contributed by atoms with Gasteiger partial charge < -0.3 is 9.52 Å². The number of hydrogen-bond acceptors (Lipinski definition) is 3. The van der Waals surface area contributed by atoms with E-state index in [0.717, 1.165) is 12.0 Å². The third-order valence-corrected chi connectivity index (χ3v) is 3.38. The molecule has 0 aliphatic rings. The average molecular weight is 287 g/mol. The summed E-state index contributed by atoms with van der Waals surface area (Å²) in [5, 5.41) is 9.17. The van der Waals surface area contributed by atoms with E-state index in [4.69, 9.17) is 9.52 Å². The van der Waals surface area contributed by atoms with Gasteiger partial charge in [0.05, 0.1) is 5.69 Å². The molecule has 1 aromatic carbocycles. The van der Waals surface area contributed by atoms with Gasteiger partial charge in [0, 0.05) is 5.56 Å². The summed E-state index contributed by atoms with van der Waals surface area (Å²) in [6, 6.07) is 7.90. The molecular weight excluding hydrogens is 266 g/mol. The SMILES string of the molecule is CCCc1nc(-c2ccc(C(C)(C)C)cc2)oc1C(=O)O. The van der Waals surface area contributed by atoms with Gasteiger partial charge in [-0.3, -0.25) is 0 Å². The van der Waals surface area contributed by atoms with Crippen molar-refractivity contribution >= 4 is 5.97 Å². The van der Waals surface area contributed by atoms with Gasteiger partial charge in [0.15, 0.2) is 0 Å². The van der Waals surface area contributed by atoms with Crippen LogP contribution in [-0.2, 0) is 11.8 Å². The maximum atomic E-state index is 11.2. The monoisotopic (exact) mass is 287 g/mol. The zero-order valence-corrected chi connectivity index (χ0v) is 12.9. The predicted molar refractivity (Wildman–Crippen MR) is 81.6 cm³/mol. The third kappa shape index (κ3) is 3.32. The van der Waals surface area contributed by atoms with Gasteiger partial charge in [0.1, 0.15) is 0 Å². The molecule has 1 heterocycles. The lowest BCUT2D eigenvalue weighted by molar-refractivity contribution is 0.0661. The Balaban J connectivity index is 2.38. The molecule has 4 nitrogen and oxygen atoms in total. The lowest BCUT2D eigenvalue weighted by Crippen LogP contribution is -2.10. The molecule has 1 aromatic heterocycles. The maximum Gasteiger partial charge on any atom is 0.373 e. The smallest absolute Gasteiger partial charge is 0.373 e. The molecule has 4 heteroatoms. The average Bonchev–Trinajstić information content (AvgIpc) is 2.82. The number of rotatable bonds is 4. The summed E-state index contributed by atoms with van der Waals surface area (Å²) in [5.74, 6) is -0.744. The van der Waals surface area contributed by atoms with Crippen LogP contribution in [0.4, 0.5) is 0 Å². The Morgan fingerprint density at radius 3 is 2.33 bits per heavy atom. The van der Waals surface area contributed by atoms with Crippen molar-refractivity contribution in [2.24, 2.45) is 0 Å². The summed E-state index contributed by atoms with van der Waals surface area (Å²) < 4.78 is 5.43. The van der Waals surface area contributed by atoms with Gasteiger partial charge in [-0.05, 0) is 29.5 Å². The van der Waals surface area contributed by atoms with Crippen LogP contribution in [0.25, 0.3) is 11.5 Å². The van der Waals surface area contributed by atoms with Gasteiger partial charge in [-0.25, -0.2) is 9.78 Å². The lowest BCUT2D eigenvalue weighted by Gasteiger charge is -2.18. The van der Waals surface area contributed by atoms with Gasteiger partial charge >= 0.3 is 5.97 Å². The van der Waals surface area contributed by atoms with Gasteiger partial charge in [0.2, 0.25) is 11.7 Å². The molecule has 0 fully saturated rings. The number of benzene rings is 1. The summed E-state index contributed by atoms with van der Waals surface area (Å²) >= 11 is 0. The molecule has 0 bridgehead atoms. The van der Waals surface area contributed by atoms with E-state index in [-0.39, 0.29) is 11.2 Å². The minimum absolute atomic E-state index is 0.0493. The minimum Gasteiger partial charge on any atom is -0.475 e. The van der Waals surface area contributed by atoms with Crippen LogP contribution in [0.2, 0.25) is 0 Å². The Morgan fingerprint density at radius 1 is 1.24 bits per heavy atom. The second-order valence-electron chi connectivity index (χ2n) is 6.18. The molecule has 0 saturated carbocycles. The van der Waals surface area contributed by atoms with Crippen LogP contribution in [-0.4, -0.2) is 16.1 Å². The molecule has 0 saturated heterocycles. The van der Waals surface area contributed by atoms with Crippen molar-refractivity contribution in [1.29, 1.82) is 0 Å². The minimum atomic E-state index is -1.07. The zero-order valence-electron chi connectivity index (χ0n) is 12.9. The van der Waals surface area contributed by atoms with E-state index in [1.807, 2.05) is 31.2 Å². The van der Waals surface area contributed by atoms with Crippen molar-refractivity contribution in [2.75, 3.05) is 0 Å². The van der Waals surface area contributed by atoms with E-state index in [2.05, 4.69) is 25.8 Å². The van der Waals surface area contributed by atoms with Crippen LogP contribution < -0.4 is 0 Å². The van der Waals surface area contributed by atoms with Crippen LogP contribution in [0.15, 0.2) is 28.7 Å². The first kappa shape index (κ1) is 15.3. The van der Waals surface area contributed by atoms with Gasteiger partial charge in [-0.1, -0.05) is 46.2 Å². The summed E-state index contributed by atoms with van der Waals surface area (Å²) in [5.41, 5.74) is 2.60. The Labute approximate surface area is 124 Å². The largest absolute Gasteiger partial charge is 0.475 e. The number of carbonyl (C=O) groups is 1. The van der Waals surface area contributed by atoms with Crippen LogP contribution in [0.5, 0.6) is 0 Å². The molecule has 0 radical (unpaired) electrons. The first-order valence-corrected chi connectivity index (χ1v) is 7.17. The van der Waals surface area contributed by atoms with Crippen molar-refractivity contribution in [2.45, 2.75) is 46.0 Å². The molecule has 1 N–H and O–H groups in total. The van der Waals surface area contributed by atoms with E-state index in [1.54, 1.807) is 0 Å². The number of aromatic carboxylic acids is 1. The topological polar surface area (TPSA) is 63.3 Å². The zero-order chi connectivity index (χ0) is 15.6. The highest BCUT2D eigenvalue weighted by Gasteiger charge is 2.20. The summed E-state index contributed by atoms with van der Waals surface area (Å²) in [4.78, 5) is 15.5. The lowest BCUT2D eigenvalue weighted by atomic mass is 9.87. The molecule has 21 heavy (non-hydrogen) atoms. The number of aromatic nitrogens is 1. The highest BCUT2D eigenvalue weighted by molar-refractivity contribution is 5.86. The van der Waals surface area contributed by atoms with E-state index < -0.39 is 5.97 Å². The number of carboxylic acid groups (broad SMARTS) is 1. The standard InChI is InChI=1S/C17H21NO3/c1-5-6-13-14(16(19)20)21-15(18-13)11-7-9-12(10-8-11)17(2,3)4/h7-10H,5-6H2,1-4H3,(H,19,20). The first-order chi connectivity index (χ1) is 9.82. The molecule has 2 aromatic rings. The van der Waals surface area contributed by atoms with Gasteiger partial charge in [-0.15, -0.1) is 0 Å². The number of nitrogens with zero attached hydrogens (tertiary/aromatic N) is 1. The maximum absolute atomic E-state index is 11.2. The Hall–Kier alpha value is -2.10. The second kappa shape index (κ2) is 5.72. The van der Waals surface area contributed by atoms with Crippen LogP contribution in [0, 0.1) is 0 Å². The summed E-state index contributed by atoms with van der Waals surface area (Å²) in [6.45, 7) is 8.43. The number of carboxylic acids is 1. The number of oxazole rings is 1. The highest BCUT2D eigenvalue weighted by Crippen LogP contribution is 2.27. The van der Waals surface area contributed by atoms with Crippen molar-refractivity contribution in [3.8, 4) is 11.5 Å². The van der Waals surface area contributed by atoms with Crippen LogP contribution >= 0.6 is 0 Å². The van der Waals surface area contributed by atoms with Crippen molar-refractivity contribution in [3.05, 3.63) is 41.3 Å². The van der Waals surface area contributed by atoms with Gasteiger partial charge in [-0.2, -0.15) is 0 Å². The molecular formula is C17H21NO3. The van der Waals surface area contributed by atoms with E-state index >= 15 is 0 Å². The molecule has 0 atom stereocenters. The van der Waals surface area contributed by atoms with Crippen LogP contribution in [0.1, 0.15) is 55.9 Å². The predicted octanol–water partition coefficient (Wildman–Crippen LogP) is 4.29. The third-order valence-electron chi connectivity index (χ3n) is 3.38. The van der Waals surface area contributed by atoms with E-state index in [1.165, 1.54) is 5.56 Å². The summed E-state index contributed by atoms with van der Waals surface area (Å²) in [7, 11) is 0. The fraction of sp³-hybridized carbons (Fsp3) is 0.412. The molecule has 0 aliphatic carbocycles. The van der Waals surface area contributed by atoms with Gasteiger partial charge in [0.25, 0.3) is 0 Å². The number of aryl methyl sites for hydroxylation is 1. The fourth-order valence-corrected chi connectivity index (χ4v) is 2.16. The van der Waals surface area contributed by atoms with Crippen molar-refractivity contribution in [1.82, 2.24) is 4.98 Å². The molecule has 0 amide bonds. The summed E-state index contributed by atoms with van der Waals surface area (Å²) in [6.07, 6.45) is 1.43. The molecule has 0 unspecified atom stereocenters. The van der Waals surface area contributed by atoms with Crippen molar-refractivity contribution in [3.63, 3.8) is 0 Å². The first-order valence-electron chi connectivity index (χ1n) is 7.17. The molecule has 0 aliphatic heterocycles. The van der Waals surface area contributed by atoms with Crippen LogP contribution in [0.3, 0.4) is 0 Å². The van der Waals surface area contributed by atoms with E-state index in [9.17, 15) is 4.79 Å². The fourth-order valence-electron chi connectivity index (χ4n) is 2.16. The normalized spacial score (nSPS) is 11.6. The Morgan fingerprint density at radius 2 is 1.86 bits per heavy atom.